The molecule has 0 radical (unpaired) electrons. The number of carboxylic acids is 1. The largest absolute Gasteiger partial charge is 0.481 e. The van der Waals surface area contributed by atoms with Gasteiger partial charge >= 0.3 is 5.97 Å². The summed E-state index contributed by atoms with van der Waals surface area (Å²) in [6.07, 6.45) is 0.833. The number of amides is 1. The van der Waals surface area contributed by atoms with Crippen LogP contribution in [0.15, 0.2) is 30.3 Å². The molecular weight excluding hydrogens is 266 g/mol. The van der Waals surface area contributed by atoms with E-state index in [9.17, 15) is 14.7 Å². The molecule has 1 rings (SSSR count). The Kier molecular flexibility index (Phi) is 5.94. The van der Waals surface area contributed by atoms with Gasteiger partial charge in [0.1, 0.15) is 0 Å². The van der Waals surface area contributed by atoms with E-state index >= 15 is 0 Å². The summed E-state index contributed by atoms with van der Waals surface area (Å²) >= 11 is 0. The lowest BCUT2D eigenvalue weighted by Crippen LogP contribution is -2.44. The summed E-state index contributed by atoms with van der Waals surface area (Å²) in [4.78, 5) is 26.0. The standard InChI is InChI=1S/C17H25NO3/c1-5-13(3)18(6-2)15(19)12-17(4,16(20)21)14-10-8-7-9-11-14/h7-11,13H,5-6,12H2,1-4H3,(H,20,21). The van der Waals surface area contributed by atoms with Crippen LogP contribution in [0.4, 0.5) is 0 Å². The van der Waals surface area contributed by atoms with Crippen molar-refractivity contribution < 1.29 is 14.7 Å². The van der Waals surface area contributed by atoms with Gasteiger partial charge in [-0.3, -0.25) is 9.59 Å². The maximum atomic E-state index is 12.5. The summed E-state index contributed by atoms with van der Waals surface area (Å²) < 4.78 is 0. The highest BCUT2D eigenvalue weighted by Gasteiger charge is 2.39. The molecule has 0 aliphatic rings. The second-order valence-electron chi connectivity index (χ2n) is 5.62. The van der Waals surface area contributed by atoms with Crippen molar-refractivity contribution >= 4 is 11.9 Å². The van der Waals surface area contributed by atoms with Crippen molar-refractivity contribution in [1.29, 1.82) is 0 Å². The average Bonchev–Trinajstić information content (AvgIpc) is 2.48. The molecule has 1 N–H and O–H groups in total. The van der Waals surface area contributed by atoms with E-state index in [1.165, 1.54) is 0 Å². The molecule has 0 saturated carbocycles. The van der Waals surface area contributed by atoms with Crippen molar-refractivity contribution in [2.75, 3.05) is 6.54 Å². The van der Waals surface area contributed by atoms with Crippen molar-refractivity contribution in [3.63, 3.8) is 0 Å². The predicted octanol–water partition coefficient (Wildman–Crippen LogP) is 3.07. The van der Waals surface area contributed by atoms with Crippen LogP contribution in [0.3, 0.4) is 0 Å². The number of carbonyl (C=O) groups is 2. The van der Waals surface area contributed by atoms with Crippen LogP contribution in [0.2, 0.25) is 0 Å². The predicted molar refractivity (Wildman–Crippen MR) is 83.2 cm³/mol. The molecule has 0 spiro atoms. The summed E-state index contributed by atoms with van der Waals surface area (Å²) in [6.45, 7) is 8.15. The first-order valence-corrected chi connectivity index (χ1v) is 7.45. The van der Waals surface area contributed by atoms with Crippen LogP contribution < -0.4 is 0 Å². The molecule has 116 valence electrons. The smallest absolute Gasteiger partial charge is 0.314 e. The number of hydrogen-bond acceptors (Lipinski definition) is 2. The van der Waals surface area contributed by atoms with Crippen molar-refractivity contribution in [2.45, 2.75) is 52.0 Å². The van der Waals surface area contributed by atoms with Gasteiger partial charge in [-0.15, -0.1) is 0 Å². The van der Waals surface area contributed by atoms with Crippen LogP contribution in [0.25, 0.3) is 0 Å². The lowest BCUT2D eigenvalue weighted by atomic mass is 9.79. The van der Waals surface area contributed by atoms with E-state index in [1.807, 2.05) is 26.8 Å². The van der Waals surface area contributed by atoms with Crippen LogP contribution in [-0.4, -0.2) is 34.5 Å². The Balaban J connectivity index is 3.04. The van der Waals surface area contributed by atoms with Crippen molar-refractivity contribution in [3.05, 3.63) is 35.9 Å². The van der Waals surface area contributed by atoms with Crippen molar-refractivity contribution in [3.8, 4) is 0 Å². The molecule has 2 atom stereocenters. The maximum Gasteiger partial charge on any atom is 0.314 e. The zero-order valence-corrected chi connectivity index (χ0v) is 13.3. The third-order valence-electron chi connectivity index (χ3n) is 4.17. The van der Waals surface area contributed by atoms with E-state index in [0.717, 1.165) is 6.42 Å². The highest BCUT2D eigenvalue weighted by atomic mass is 16.4. The van der Waals surface area contributed by atoms with Crippen LogP contribution >= 0.6 is 0 Å². The zero-order chi connectivity index (χ0) is 16.0. The van der Waals surface area contributed by atoms with Gasteiger partial charge in [0.05, 0.1) is 5.41 Å². The molecule has 21 heavy (non-hydrogen) atoms. The topological polar surface area (TPSA) is 57.6 Å². The summed E-state index contributed by atoms with van der Waals surface area (Å²) in [5, 5.41) is 9.61. The Morgan fingerprint density at radius 1 is 1.24 bits per heavy atom. The fourth-order valence-electron chi connectivity index (χ4n) is 2.47. The minimum absolute atomic E-state index is 0.0233. The molecule has 4 nitrogen and oxygen atoms in total. The van der Waals surface area contributed by atoms with E-state index < -0.39 is 11.4 Å². The SMILES string of the molecule is CCC(C)N(CC)C(=O)CC(C)(C(=O)O)c1ccccc1. The quantitative estimate of drug-likeness (QED) is 0.840. The normalized spacial score (nSPS) is 15.0. The first kappa shape index (κ1) is 17.2. The molecule has 1 amide bonds. The van der Waals surface area contributed by atoms with Gasteiger partial charge in [0.15, 0.2) is 0 Å². The monoisotopic (exact) mass is 291 g/mol. The van der Waals surface area contributed by atoms with Crippen LogP contribution in [0.5, 0.6) is 0 Å². The fourth-order valence-corrected chi connectivity index (χ4v) is 2.47. The van der Waals surface area contributed by atoms with Gasteiger partial charge in [-0.25, -0.2) is 0 Å². The lowest BCUT2D eigenvalue weighted by molar-refractivity contribution is -0.148. The summed E-state index contributed by atoms with van der Waals surface area (Å²) in [7, 11) is 0. The second-order valence-corrected chi connectivity index (χ2v) is 5.62. The molecule has 2 unspecified atom stereocenters. The molecule has 0 bridgehead atoms. The van der Waals surface area contributed by atoms with E-state index in [1.54, 1.807) is 36.1 Å². The van der Waals surface area contributed by atoms with Gasteiger partial charge in [-0.2, -0.15) is 0 Å². The van der Waals surface area contributed by atoms with Crippen LogP contribution in [0, 0.1) is 0 Å². The Labute approximate surface area is 126 Å². The second kappa shape index (κ2) is 7.25. The first-order chi connectivity index (χ1) is 9.86. The lowest BCUT2D eigenvalue weighted by Gasteiger charge is -2.32. The van der Waals surface area contributed by atoms with Crippen LogP contribution in [0.1, 0.15) is 46.1 Å². The summed E-state index contributed by atoms with van der Waals surface area (Å²) in [6, 6.07) is 9.09. The Morgan fingerprint density at radius 3 is 2.24 bits per heavy atom. The molecule has 0 saturated heterocycles. The Morgan fingerprint density at radius 2 is 1.81 bits per heavy atom. The number of hydrogen-bond donors (Lipinski definition) is 1. The van der Waals surface area contributed by atoms with E-state index in [2.05, 4.69) is 0 Å². The third kappa shape index (κ3) is 3.84. The molecule has 0 heterocycles. The minimum atomic E-state index is -1.20. The number of rotatable bonds is 7. The molecule has 1 aromatic rings. The first-order valence-electron chi connectivity index (χ1n) is 7.45. The van der Waals surface area contributed by atoms with Crippen molar-refractivity contribution in [2.24, 2.45) is 0 Å². The molecule has 0 aliphatic carbocycles. The molecule has 1 aromatic carbocycles. The highest BCUT2D eigenvalue weighted by molar-refractivity contribution is 5.89. The molecule has 0 aliphatic heterocycles. The Hall–Kier alpha value is -1.84. The summed E-state index contributed by atoms with van der Waals surface area (Å²) in [5.74, 6) is -1.08. The van der Waals surface area contributed by atoms with Gasteiger partial charge < -0.3 is 10.0 Å². The van der Waals surface area contributed by atoms with Crippen LogP contribution in [-0.2, 0) is 15.0 Å². The van der Waals surface area contributed by atoms with Gasteiger partial charge in [0, 0.05) is 19.0 Å². The molecule has 0 fully saturated rings. The molecule has 4 heteroatoms. The molecule has 0 aromatic heterocycles. The van der Waals surface area contributed by atoms with Gasteiger partial charge in [0.25, 0.3) is 0 Å². The Bertz CT molecular complexity index is 486. The fraction of sp³-hybridized carbons (Fsp3) is 0.529. The summed E-state index contributed by atoms with van der Waals surface area (Å²) in [5.41, 5.74) is -0.537. The van der Waals surface area contributed by atoms with E-state index in [0.29, 0.717) is 12.1 Å². The number of carboxylic acid groups (broad SMARTS) is 1. The van der Waals surface area contributed by atoms with E-state index in [-0.39, 0.29) is 18.4 Å². The number of benzene rings is 1. The minimum Gasteiger partial charge on any atom is -0.481 e. The average molecular weight is 291 g/mol. The van der Waals surface area contributed by atoms with Gasteiger partial charge in [-0.05, 0) is 32.8 Å². The zero-order valence-electron chi connectivity index (χ0n) is 13.3. The third-order valence-corrected chi connectivity index (χ3v) is 4.17. The van der Waals surface area contributed by atoms with Gasteiger partial charge in [0.2, 0.25) is 5.91 Å². The number of carbonyl (C=O) groups excluding carboxylic acids is 1. The maximum absolute atomic E-state index is 12.5. The number of aliphatic carboxylic acids is 1. The highest BCUT2D eigenvalue weighted by Crippen LogP contribution is 2.29. The number of nitrogens with zero attached hydrogens (tertiary/aromatic N) is 1. The van der Waals surface area contributed by atoms with Gasteiger partial charge in [-0.1, -0.05) is 37.3 Å². The van der Waals surface area contributed by atoms with E-state index in [4.69, 9.17) is 0 Å². The van der Waals surface area contributed by atoms with Crippen molar-refractivity contribution in [1.82, 2.24) is 4.90 Å². The molecular formula is C17H25NO3.